The Morgan fingerprint density at radius 2 is 1.78 bits per heavy atom. The van der Waals surface area contributed by atoms with Gasteiger partial charge in [-0.25, -0.2) is 0 Å². The summed E-state index contributed by atoms with van der Waals surface area (Å²) in [5.74, 6) is 2.18. The van der Waals surface area contributed by atoms with Crippen LogP contribution in [-0.4, -0.2) is 13.2 Å². The maximum Gasteiger partial charge on any atom is 0.118 e. The average molecular weight is 247 g/mol. The summed E-state index contributed by atoms with van der Waals surface area (Å²) in [5.41, 5.74) is 7.63. The van der Waals surface area contributed by atoms with Gasteiger partial charge in [-0.2, -0.15) is 0 Å². The molecule has 0 radical (unpaired) electrons. The third kappa shape index (κ3) is 3.05. The van der Waals surface area contributed by atoms with Crippen LogP contribution in [0.25, 0.3) is 0 Å². The van der Waals surface area contributed by atoms with Gasteiger partial charge in [0.1, 0.15) is 5.75 Å². The molecule has 2 rings (SSSR count). The summed E-state index contributed by atoms with van der Waals surface area (Å²) in [4.78, 5) is 0. The molecule has 0 saturated heterocycles. The molecule has 2 heteroatoms. The van der Waals surface area contributed by atoms with Gasteiger partial charge in [-0.3, -0.25) is 0 Å². The molecule has 0 bridgehead atoms. The third-order valence-corrected chi connectivity index (χ3v) is 4.29. The summed E-state index contributed by atoms with van der Waals surface area (Å²) < 4.78 is 5.23. The van der Waals surface area contributed by atoms with Crippen molar-refractivity contribution in [3.63, 3.8) is 0 Å². The minimum Gasteiger partial charge on any atom is -0.497 e. The number of methoxy groups -OCH3 is 1. The van der Waals surface area contributed by atoms with Gasteiger partial charge < -0.3 is 10.5 Å². The predicted octanol–water partition coefficient (Wildman–Crippen LogP) is 3.71. The lowest BCUT2D eigenvalue weighted by molar-refractivity contribution is 0.344. The highest BCUT2D eigenvalue weighted by atomic mass is 16.5. The van der Waals surface area contributed by atoms with E-state index in [-0.39, 0.29) is 6.04 Å². The summed E-state index contributed by atoms with van der Waals surface area (Å²) in [5, 5.41) is 0. The summed E-state index contributed by atoms with van der Waals surface area (Å²) >= 11 is 0. The monoisotopic (exact) mass is 247 g/mol. The molecule has 0 amide bonds. The van der Waals surface area contributed by atoms with Gasteiger partial charge in [-0.15, -0.1) is 0 Å². The second-order valence-electron chi connectivity index (χ2n) is 5.54. The Hall–Kier alpha value is -1.02. The van der Waals surface area contributed by atoms with E-state index in [0.717, 1.165) is 5.75 Å². The normalized spacial score (nSPS) is 26.4. The van der Waals surface area contributed by atoms with Crippen molar-refractivity contribution in [1.82, 2.24) is 0 Å². The Morgan fingerprint density at radius 1 is 1.11 bits per heavy atom. The molecule has 1 saturated carbocycles. The second-order valence-corrected chi connectivity index (χ2v) is 5.54. The maximum atomic E-state index is 6.20. The van der Waals surface area contributed by atoms with Crippen LogP contribution in [0, 0.1) is 5.92 Å². The van der Waals surface area contributed by atoms with Crippen molar-refractivity contribution in [2.45, 2.75) is 51.0 Å². The second kappa shape index (κ2) is 6.24. The number of hydrogen-bond acceptors (Lipinski definition) is 2. The van der Waals surface area contributed by atoms with E-state index in [1.807, 2.05) is 0 Å². The van der Waals surface area contributed by atoms with Crippen LogP contribution >= 0.6 is 0 Å². The van der Waals surface area contributed by atoms with E-state index in [9.17, 15) is 0 Å². The lowest BCUT2D eigenvalue weighted by Crippen LogP contribution is -2.31. The van der Waals surface area contributed by atoms with E-state index in [0.29, 0.717) is 11.8 Å². The number of hydrogen-bond donors (Lipinski definition) is 1. The molecule has 100 valence electrons. The van der Waals surface area contributed by atoms with E-state index < -0.39 is 0 Å². The van der Waals surface area contributed by atoms with Crippen molar-refractivity contribution in [2.24, 2.45) is 11.7 Å². The molecule has 0 aliphatic heterocycles. The Morgan fingerprint density at radius 3 is 2.39 bits per heavy atom. The molecule has 0 heterocycles. The molecule has 3 unspecified atom stereocenters. The number of benzene rings is 1. The summed E-state index contributed by atoms with van der Waals surface area (Å²) in [6, 6.07) is 8.85. The zero-order valence-corrected chi connectivity index (χ0v) is 11.6. The number of nitrogens with two attached hydrogens (primary N) is 1. The topological polar surface area (TPSA) is 35.2 Å². The molecule has 1 aliphatic carbocycles. The first-order valence-corrected chi connectivity index (χ1v) is 7.12. The van der Waals surface area contributed by atoms with E-state index in [2.05, 4.69) is 31.2 Å². The summed E-state index contributed by atoms with van der Waals surface area (Å²) in [7, 11) is 1.71. The molecule has 1 aromatic rings. The van der Waals surface area contributed by atoms with Gasteiger partial charge in [0.05, 0.1) is 7.11 Å². The van der Waals surface area contributed by atoms with Gasteiger partial charge in [0.2, 0.25) is 0 Å². The first-order valence-electron chi connectivity index (χ1n) is 7.12. The van der Waals surface area contributed by atoms with Crippen LogP contribution in [0.2, 0.25) is 0 Å². The van der Waals surface area contributed by atoms with E-state index in [4.69, 9.17) is 10.5 Å². The highest BCUT2D eigenvalue weighted by Crippen LogP contribution is 2.38. The van der Waals surface area contributed by atoms with Crippen LogP contribution in [0.4, 0.5) is 0 Å². The Labute approximate surface area is 111 Å². The molecule has 1 fully saturated rings. The van der Waals surface area contributed by atoms with E-state index in [1.165, 1.54) is 37.7 Å². The van der Waals surface area contributed by atoms with E-state index >= 15 is 0 Å². The minimum atomic E-state index is 0.287. The first-order chi connectivity index (χ1) is 8.72. The van der Waals surface area contributed by atoms with Crippen molar-refractivity contribution < 1.29 is 4.74 Å². The fraction of sp³-hybridized carbons (Fsp3) is 0.625. The first kappa shape index (κ1) is 13.4. The fourth-order valence-electron chi connectivity index (χ4n) is 3.23. The van der Waals surface area contributed by atoms with Crippen molar-refractivity contribution >= 4 is 0 Å². The SMILES string of the molecule is COc1ccc(C2CCCCCC2C(C)N)cc1. The molecule has 3 atom stereocenters. The molecule has 2 nitrogen and oxygen atoms in total. The molecule has 18 heavy (non-hydrogen) atoms. The summed E-state index contributed by atoms with van der Waals surface area (Å²) in [6.07, 6.45) is 6.57. The van der Waals surface area contributed by atoms with Crippen molar-refractivity contribution in [1.29, 1.82) is 0 Å². The van der Waals surface area contributed by atoms with Gasteiger partial charge in [-0.1, -0.05) is 31.4 Å². The Kier molecular flexibility index (Phi) is 4.65. The quantitative estimate of drug-likeness (QED) is 0.826. The summed E-state index contributed by atoms with van der Waals surface area (Å²) in [6.45, 7) is 2.16. The average Bonchev–Trinajstić information content (AvgIpc) is 2.64. The van der Waals surface area contributed by atoms with Crippen LogP contribution in [0.15, 0.2) is 24.3 Å². The lowest BCUT2D eigenvalue weighted by atomic mass is 9.79. The molecule has 1 aromatic carbocycles. The smallest absolute Gasteiger partial charge is 0.118 e. The van der Waals surface area contributed by atoms with Crippen molar-refractivity contribution in [3.8, 4) is 5.75 Å². The Bertz CT molecular complexity index is 358. The molecule has 1 aliphatic rings. The van der Waals surface area contributed by atoms with Crippen molar-refractivity contribution in [2.75, 3.05) is 7.11 Å². The minimum absolute atomic E-state index is 0.287. The van der Waals surface area contributed by atoms with Gasteiger partial charge in [0.25, 0.3) is 0 Å². The highest BCUT2D eigenvalue weighted by molar-refractivity contribution is 5.30. The van der Waals surface area contributed by atoms with Gasteiger partial charge in [0.15, 0.2) is 0 Å². The lowest BCUT2D eigenvalue weighted by Gasteiger charge is -2.28. The zero-order chi connectivity index (χ0) is 13.0. The van der Waals surface area contributed by atoms with Crippen LogP contribution in [-0.2, 0) is 0 Å². The third-order valence-electron chi connectivity index (χ3n) is 4.29. The van der Waals surface area contributed by atoms with Crippen LogP contribution in [0.3, 0.4) is 0 Å². The van der Waals surface area contributed by atoms with Crippen molar-refractivity contribution in [3.05, 3.63) is 29.8 Å². The molecule has 2 N–H and O–H groups in total. The zero-order valence-electron chi connectivity index (χ0n) is 11.6. The van der Waals surface area contributed by atoms with Crippen LogP contribution < -0.4 is 10.5 Å². The molecular formula is C16H25NO. The van der Waals surface area contributed by atoms with Crippen LogP contribution in [0.1, 0.15) is 50.5 Å². The van der Waals surface area contributed by atoms with Gasteiger partial charge in [0, 0.05) is 6.04 Å². The van der Waals surface area contributed by atoms with E-state index in [1.54, 1.807) is 7.11 Å². The standard InChI is InChI=1S/C16H25NO/c1-12(17)15-6-4-3-5-7-16(15)13-8-10-14(18-2)11-9-13/h8-12,15-16H,3-7,17H2,1-2H3. The van der Waals surface area contributed by atoms with Crippen LogP contribution in [0.5, 0.6) is 5.75 Å². The number of ether oxygens (including phenoxy) is 1. The predicted molar refractivity (Wildman–Crippen MR) is 76.0 cm³/mol. The maximum absolute atomic E-state index is 6.20. The largest absolute Gasteiger partial charge is 0.497 e. The van der Waals surface area contributed by atoms with Gasteiger partial charge >= 0.3 is 0 Å². The number of rotatable bonds is 3. The highest BCUT2D eigenvalue weighted by Gasteiger charge is 2.27. The molecular weight excluding hydrogens is 222 g/mol. The fourth-order valence-corrected chi connectivity index (χ4v) is 3.23. The molecule has 0 aromatic heterocycles. The Balaban J connectivity index is 2.20. The van der Waals surface area contributed by atoms with Gasteiger partial charge in [-0.05, 0) is 49.3 Å². The molecule has 0 spiro atoms.